The molecule has 19 heavy (non-hydrogen) atoms. The first-order valence-electron chi connectivity index (χ1n) is 6.72. The van der Waals surface area contributed by atoms with Gasteiger partial charge in [0, 0.05) is 45.1 Å². The number of carboxylic acids is 1. The number of hydrogen-bond donors (Lipinski definition) is 1. The van der Waals surface area contributed by atoms with Crippen LogP contribution in [-0.2, 0) is 0 Å². The van der Waals surface area contributed by atoms with E-state index in [9.17, 15) is 9.90 Å². The Morgan fingerprint density at radius 3 is 2.63 bits per heavy atom. The maximum Gasteiger partial charge on any atom is 0.339 e. The third-order valence-electron chi connectivity index (χ3n) is 3.36. The number of aromatic nitrogens is 1. The Morgan fingerprint density at radius 1 is 1.37 bits per heavy atom. The normalized spacial score (nSPS) is 16.9. The van der Waals surface area contributed by atoms with Crippen molar-refractivity contribution >= 4 is 11.7 Å². The van der Waals surface area contributed by atoms with Crippen molar-refractivity contribution in [2.75, 3.05) is 37.6 Å². The maximum atomic E-state index is 11.2. The van der Waals surface area contributed by atoms with E-state index >= 15 is 0 Å². The van der Waals surface area contributed by atoms with Crippen LogP contribution in [0.25, 0.3) is 0 Å². The number of nitrogens with zero attached hydrogens (tertiary/aromatic N) is 3. The summed E-state index contributed by atoms with van der Waals surface area (Å²) in [6, 6.07) is 1.79. The fraction of sp³-hybridized carbons (Fsp3) is 0.571. The Kier molecular flexibility index (Phi) is 4.37. The van der Waals surface area contributed by atoms with Gasteiger partial charge in [0.25, 0.3) is 0 Å². The van der Waals surface area contributed by atoms with E-state index in [1.807, 2.05) is 0 Å². The van der Waals surface area contributed by atoms with Crippen molar-refractivity contribution in [1.82, 2.24) is 9.88 Å². The van der Waals surface area contributed by atoms with Gasteiger partial charge in [-0.2, -0.15) is 0 Å². The van der Waals surface area contributed by atoms with E-state index < -0.39 is 5.97 Å². The summed E-state index contributed by atoms with van der Waals surface area (Å²) in [4.78, 5) is 19.7. The minimum Gasteiger partial charge on any atom is -0.478 e. The molecule has 2 heterocycles. The SMILES string of the molecule is CC(C)CN1CCN(c2ccncc2C(=O)O)CC1. The highest BCUT2D eigenvalue weighted by Crippen LogP contribution is 2.21. The van der Waals surface area contributed by atoms with Crippen LogP contribution in [0.15, 0.2) is 18.5 Å². The van der Waals surface area contributed by atoms with E-state index in [0.29, 0.717) is 11.5 Å². The number of hydrogen-bond acceptors (Lipinski definition) is 4. The van der Waals surface area contributed by atoms with Crippen molar-refractivity contribution in [1.29, 1.82) is 0 Å². The summed E-state index contributed by atoms with van der Waals surface area (Å²) in [5, 5.41) is 9.19. The van der Waals surface area contributed by atoms with Crippen LogP contribution in [0.5, 0.6) is 0 Å². The average Bonchev–Trinajstić information content (AvgIpc) is 2.39. The van der Waals surface area contributed by atoms with Gasteiger partial charge >= 0.3 is 5.97 Å². The average molecular weight is 263 g/mol. The van der Waals surface area contributed by atoms with Gasteiger partial charge < -0.3 is 10.0 Å². The van der Waals surface area contributed by atoms with Crippen LogP contribution >= 0.6 is 0 Å². The van der Waals surface area contributed by atoms with Gasteiger partial charge in [0.15, 0.2) is 0 Å². The molecule has 0 atom stereocenters. The zero-order valence-corrected chi connectivity index (χ0v) is 11.5. The molecular weight excluding hydrogens is 242 g/mol. The molecule has 0 spiro atoms. The van der Waals surface area contributed by atoms with E-state index in [1.54, 1.807) is 12.3 Å². The first-order valence-corrected chi connectivity index (χ1v) is 6.72. The number of aromatic carboxylic acids is 1. The predicted octanol–water partition coefficient (Wildman–Crippen LogP) is 1.56. The lowest BCUT2D eigenvalue weighted by Gasteiger charge is -2.37. The van der Waals surface area contributed by atoms with Gasteiger partial charge in [-0.05, 0) is 12.0 Å². The molecule has 1 aromatic heterocycles. The van der Waals surface area contributed by atoms with Crippen LogP contribution in [0, 0.1) is 5.92 Å². The number of carboxylic acid groups (broad SMARTS) is 1. The van der Waals surface area contributed by atoms with E-state index in [2.05, 4.69) is 28.6 Å². The molecule has 5 nitrogen and oxygen atoms in total. The minimum atomic E-state index is -0.910. The molecule has 1 N–H and O–H groups in total. The zero-order valence-electron chi connectivity index (χ0n) is 11.5. The Bertz CT molecular complexity index is 440. The summed E-state index contributed by atoms with van der Waals surface area (Å²) in [5.41, 5.74) is 1.08. The minimum absolute atomic E-state index is 0.291. The van der Waals surface area contributed by atoms with Gasteiger partial charge in [0.05, 0.1) is 5.69 Å². The molecule has 0 bridgehead atoms. The van der Waals surface area contributed by atoms with E-state index in [4.69, 9.17) is 0 Å². The number of rotatable bonds is 4. The van der Waals surface area contributed by atoms with Crippen molar-refractivity contribution in [3.63, 3.8) is 0 Å². The smallest absolute Gasteiger partial charge is 0.339 e. The number of anilines is 1. The van der Waals surface area contributed by atoms with Gasteiger partial charge in [-0.15, -0.1) is 0 Å². The quantitative estimate of drug-likeness (QED) is 0.893. The summed E-state index contributed by atoms with van der Waals surface area (Å²) >= 11 is 0. The van der Waals surface area contributed by atoms with E-state index in [0.717, 1.165) is 38.4 Å². The highest BCUT2D eigenvalue weighted by molar-refractivity contribution is 5.94. The molecule has 104 valence electrons. The molecule has 2 rings (SSSR count). The van der Waals surface area contributed by atoms with Gasteiger partial charge in [-0.3, -0.25) is 9.88 Å². The van der Waals surface area contributed by atoms with Gasteiger partial charge in [-0.25, -0.2) is 4.79 Å². The lowest BCUT2D eigenvalue weighted by Crippen LogP contribution is -2.47. The third-order valence-corrected chi connectivity index (χ3v) is 3.36. The monoisotopic (exact) mass is 263 g/mol. The maximum absolute atomic E-state index is 11.2. The van der Waals surface area contributed by atoms with Crippen molar-refractivity contribution in [3.05, 3.63) is 24.0 Å². The molecule has 1 aromatic rings. The summed E-state index contributed by atoms with van der Waals surface area (Å²) in [6.45, 7) is 9.26. The fourth-order valence-electron chi connectivity index (χ4n) is 2.52. The van der Waals surface area contributed by atoms with Crippen LogP contribution in [0.3, 0.4) is 0 Å². The molecule has 1 aliphatic rings. The van der Waals surface area contributed by atoms with E-state index in [-0.39, 0.29) is 0 Å². The fourth-order valence-corrected chi connectivity index (χ4v) is 2.52. The highest BCUT2D eigenvalue weighted by Gasteiger charge is 2.21. The Balaban J connectivity index is 2.04. The molecule has 5 heteroatoms. The first-order chi connectivity index (χ1) is 9.08. The Hall–Kier alpha value is -1.62. The second kappa shape index (κ2) is 6.02. The summed E-state index contributed by atoms with van der Waals surface area (Å²) in [7, 11) is 0. The van der Waals surface area contributed by atoms with Crippen molar-refractivity contribution in [3.8, 4) is 0 Å². The zero-order chi connectivity index (χ0) is 13.8. The Morgan fingerprint density at radius 2 is 2.05 bits per heavy atom. The van der Waals surface area contributed by atoms with Crippen molar-refractivity contribution in [2.45, 2.75) is 13.8 Å². The molecule has 0 unspecified atom stereocenters. The van der Waals surface area contributed by atoms with E-state index in [1.165, 1.54) is 6.20 Å². The Labute approximate surface area is 113 Å². The molecule has 0 saturated carbocycles. The summed E-state index contributed by atoms with van der Waals surface area (Å²) < 4.78 is 0. The second-order valence-electron chi connectivity index (χ2n) is 5.38. The molecule has 1 fully saturated rings. The molecule has 1 saturated heterocycles. The van der Waals surface area contributed by atoms with Gasteiger partial charge in [0.2, 0.25) is 0 Å². The van der Waals surface area contributed by atoms with Gasteiger partial charge in [0.1, 0.15) is 5.56 Å². The number of pyridine rings is 1. The summed E-state index contributed by atoms with van der Waals surface area (Å²) in [6.07, 6.45) is 3.08. The van der Waals surface area contributed by atoms with Gasteiger partial charge in [-0.1, -0.05) is 13.8 Å². The van der Waals surface area contributed by atoms with Crippen molar-refractivity contribution in [2.24, 2.45) is 5.92 Å². The third kappa shape index (κ3) is 3.44. The largest absolute Gasteiger partial charge is 0.478 e. The molecule has 0 aliphatic carbocycles. The van der Waals surface area contributed by atoms with Crippen LogP contribution in [0.2, 0.25) is 0 Å². The standard InChI is InChI=1S/C14H21N3O2/c1-11(2)10-16-5-7-17(8-6-16)13-3-4-15-9-12(13)14(18)19/h3-4,9,11H,5-8,10H2,1-2H3,(H,18,19). The topological polar surface area (TPSA) is 56.7 Å². The van der Waals surface area contributed by atoms with Crippen LogP contribution in [0.4, 0.5) is 5.69 Å². The highest BCUT2D eigenvalue weighted by atomic mass is 16.4. The first kappa shape index (κ1) is 13.8. The molecule has 1 aliphatic heterocycles. The molecule has 0 radical (unpaired) electrons. The lowest BCUT2D eigenvalue weighted by atomic mass is 10.1. The van der Waals surface area contributed by atoms with Crippen LogP contribution in [-0.4, -0.2) is 53.7 Å². The molecular formula is C14H21N3O2. The molecule has 0 amide bonds. The number of piperazine rings is 1. The molecule has 0 aromatic carbocycles. The van der Waals surface area contributed by atoms with Crippen molar-refractivity contribution < 1.29 is 9.90 Å². The van der Waals surface area contributed by atoms with Crippen LogP contribution in [0.1, 0.15) is 24.2 Å². The second-order valence-corrected chi connectivity index (χ2v) is 5.38. The number of carbonyl (C=O) groups is 1. The predicted molar refractivity (Wildman–Crippen MR) is 74.7 cm³/mol. The lowest BCUT2D eigenvalue weighted by molar-refractivity contribution is 0.0697. The summed E-state index contributed by atoms with van der Waals surface area (Å²) in [5.74, 6) is -0.241. The van der Waals surface area contributed by atoms with Crippen LogP contribution < -0.4 is 4.90 Å².